The van der Waals surface area contributed by atoms with Crippen LogP contribution in [0, 0.1) is 0 Å². The highest BCUT2D eigenvalue weighted by atomic mass is 32.2. The summed E-state index contributed by atoms with van der Waals surface area (Å²) >= 11 is 1.37. The molecule has 134 valence electrons. The van der Waals surface area contributed by atoms with Gasteiger partial charge >= 0.3 is 6.09 Å². The number of rotatable bonds is 4. The van der Waals surface area contributed by atoms with E-state index in [2.05, 4.69) is 17.0 Å². The standard InChI is InChI=1S/C18H23N3O3S/c1-6-15-20-21(13(2)22)18(25-15,14-10-8-7-9-11-14)12-19-16(23)24-17(3,4)5/h6-11H,1,12H2,2-5H3,(H,19,23). The molecule has 0 fully saturated rings. The van der Waals surface area contributed by atoms with Crippen LogP contribution in [0.2, 0.25) is 0 Å². The molecular weight excluding hydrogens is 338 g/mol. The largest absolute Gasteiger partial charge is 0.444 e. The number of amides is 2. The van der Waals surface area contributed by atoms with Gasteiger partial charge in [-0.1, -0.05) is 48.7 Å². The van der Waals surface area contributed by atoms with E-state index in [9.17, 15) is 9.59 Å². The third-order valence-corrected chi connectivity index (χ3v) is 4.73. The first-order chi connectivity index (χ1) is 11.7. The zero-order valence-corrected chi connectivity index (χ0v) is 15.7. The van der Waals surface area contributed by atoms with E-state index in [1.807, 2.05) is 30.3 Å². The first kappa shape index (κ1) is 19.1. The lowest BCUT2D eigenvalue weighted by molar-refractivity contribution is -0.132. The molecule has 6 nitrogen and oxygen atoms in total. The molecule has 2 rings (SSSR count). The Kier molecular flexibility index (Phi) is 5.57. The molecule has 0 aromatic heterocycles. The maximum Gasteiger partial charge on any atom is 0.407 e. The first-order valence-electron chi connectivity index (χ1n) is 7.91. The molecule has 0 bridgehead atoms. The zero-order valence-electron chi connectivity index (χ0n) is 14.9. The van der Waals surface area contributed by atoms with Crippen LogP contribution in [-0.4, -0.2) is 34.2 Å². The van der Waals surface area contributed by atoms with E-state index in [4.69, 9.17) is 4.74 Å². The van der Waals surface area contributed by atoms with Crippen LogP contribution in [0.25, 0.3) is 0 Å². The number of hydrazone groups is 1. The van der Waals surface area contributed by atoms with Gasteiger partial charge in [0.2, 0.25) is 5.91 Å². The zero-order chi connectivity index (χ0) is 18.7. The van der Waals surface area contributed by atoms with Crippen LogP contribution in [0.4, 0.5) is 4.79 Å². The predicted octanol–water partition coefficient (Wildman–Crippen LogP) is 3.46. The van der Waals surface area contributed by atoms with Gasteiger partial charge in [-0.05, 0) is 32.4 Å². The molecule has 0 saturated heterocycles. The fourth-order valence-corrected chi connectivity index (χ4v) is 3.63. The fourth-order valence-electron chi connectivity index (χ4n) is 2.42. The molecule has 0 spiro atoms. The summed E-state index contributed by atoms with van der Waals surface area (Å²) in [6, 6.07) is 9.47. The van der Waals surface area contributed by atoms with E-state index in [0.717, 1.165) is 5.56 Å². The lowest BCUT2D eigenvalue weighted by Crippen LogP contribution is -2.49. The number of alkyl carbamates (subject to hydrolysis) is 1. The summed E-state index contributed by atoms with van der Waals surface area (Å²) in [5.74, 6) is -0.223. The van der Waals surface area contributed by atoms with Crippen LogP contribution in [0.15, 0.2) is 48.1 Å². The van der Waals surface area contributed by atoms with E-state index >= 15 is 0 Å². The molecule has 0 saturated carbocycles. The third-order valence-electron chi connectivity index (χ3n) is 3.38. The highest BCUT2D eigenvalue weighted by Gasteiger charge is 2.47. The number of ether oxygens (including phenoxy) is 1. The lowest BCUT2D eigenvalue weighted by atomic mass is 10.1. The van der Waals surface area contributed by atoms with Crippen LogP contribution in [0.5, 0.6) is 0 Å². The number of nitrogens with one attached hydrogen (secondary N) is 1. The van der Waals surface area contributed by atoms with Crippen molar-refractivity contribution in [3.63, 3.8) is 0 Å². The van der Waals surface area contributed by atoms with Crippen LogP contribution in [-0.2, 0) is 14.4 Å². The molecule has 1 heterocycles. The third kappa shape index (κ3) is 4.42. The number of carbonyl (C=O) groups is 2. The number of hydrogen-bond donors (Lipinski definition) is 1. The second-order valence-corrected chi connectivity index (χ2v) is 7.88. The Morgan fingerprint density at radius 1 is 1.36 bits per heavy atom. The van der Waals surface area contributed by atoms with Crippen molar-refractivity contribution >= 4 is 28.8 Å². The van der Waals surface area contributed by atoms with Gasteiger partial charge in [0, 0.05) is 6.92 Å². The fraction of sp³-hybridized carbons (Fsp3) is 0.389. The molecule has 1 aliphatic heterocycles. The average molecular weight is 361 g/mol. The summed E-state index contributed by atoms with van der Waals surface area (Å²) in [5.41, 5.74) is 0.252. The summed E-state index contributed by atoms with van der Waals surface area (Å²) in [5, 5.41) is 9.11. The van der Waals surface area contributed by atoms with Crippen LogP contribution in [0.3, 0.4) is 0 Å². The summed E-state index contributed by atoms with van der Waals surface area (Å²) < 4.78 is 5.31. The molecule has 1 atom stereocenters. The van der Waals surface area contributed by atoms with Crippen molar-refractivity contribution in [2.24, 2.45) is 5.10 Å². The monoisotopic (exact) mass is 361 g/mol. The lowest BCUT2D eigenvalue weighted by Gasteiger charge is -2.35. The highest BCUT2D eigenvalue weighted by Crippen LogP contribution is 2.45. The van der Waals surface area contributed by atoms with Crippen LogP contribution < -0.4 is 5.32 Å². The van der Waals surface area contributed by atoms with E-state index in [1.54, 1.807) is 26.8 Å². The minimum absolute atomic E-state index is 0.150. The predicted molar refractivity (Wildman–Crippen MR) is 100 cm³/mol. The maximum atomic E-state index is 12.2. The Morgan fingerprint density at radius 2 is 2.00 bits per heavy atom. The van der Waals surface area contributed by atoms with Crippen molar-refractivity contribution in [1.29, 1.82) is 0 Å². The number of benzene rings is 1. The van der Waals surface area contributed by atoms with Gasteiger partial charge in [0.25, 0.3) is 0 Å². The summed E-state index contributed by atoms with van der Waals surface area (Å²) in [7, 11) is 0. The normalized spacial score (nSPS) is 20.0. The maximum absolute atomic E-state index is 12.2. The Morgan fingerprint density at radius 3 is 2.52 bits per heavy atom. The van der Waals surface area contributed by atoms with Crippen molar-refractivity contribution in [3.05, 3.63) is 48.6 Å². The summed E-state index contributed by atoms with van der Waals surface area (Å²) in [6.07, 6.45) is 1.05. The minimum Gasteiger partial charge on any atom is -0.444 e. The Hall–Kier alpha value is -2.28. The number of hydrogen-bond acceptors (Lipinski definition) is 5. The molecule has 1 unspecified atom stereocenters. The average Bonchev–Trinajstić information content (AvgIpc) is 2.93. The van der Waals surface area contributed by atoms with Crippen molar-refractivity contribution < 1.29 is 14.3 Å². The Labute approximate surface area is 152 Å². The van der Waals surface area contributed by atoms with Gasteiger partial charge in [-0.15, -0.1) is 0 Å². The Bertz CT molecular complexity index is 697. The van der Waals surface area contributed by atoms with Crippen molar-refractivity contribution in [3.8, 4) is 0 Å². The molecule has 1 aromatic carbocycles. The second kappa shape index (κ2) is 7.31. The van der Waals surface area contributed by atoms with E-state index in [1.165, 1.54) is 23.7 Å². The SMILES string of the molecule is C=CC1=NN(C(C)=O)C(CNC(=O)OC(C)(C)C)(c2ccccc2)S1. The molecule has 1 N–H and O–H groups in total. The molecule has 25 heavy (non-hydrogen) atoms. The van der Waals surface area contributed by atoms with Gasteiger partial charge in [0.15, 0.2) is 4.87 Å². The highest BCUT2D eigenvalue weighted by molar-refractivity contribution is 8.15. The van der Waals surface area contributed by atoms with E-state index in [-0.39, 0.29) is 12.5 Å². The smallest absolute Gasteiger partial charge is 0.407 e. The molecule has 0 aliphatic carbocycles. The van der Waals surface area contributed by atoms with Gasteiger partial charge < -0.3 is 10.1 Å². The quantitative estimate of drug-likeness (QED) is 0.891. The molecular formula is C18H23N3O3S. The molecule has 1 aliphatic rings. The van der Waals surface area contributed by atoms with Gasteiger partial charge in [0.1, 0.15) is 10.6 Å². The van der Waals surface area contributed by atoms with Gasteiger partial charge in [-0.25, -0.2) is 9.80 Å². The first-order valence-corrected chi connectivity index (χ1v) is 8.73. The number of nitrogens with zero attached hydrogens (tertiary/aromatic N) is 2. The number of thioether (sulfide) groups is 1. The molecule has 0 radical (unpaired) electrons. The van der Waals surface area contributed by atoms with Crippen LogP contribution >= 0.6 is 11.8 Å². The molecule has 2 amide bonds. The van der Waals surface area contributed by atoms with E-state index in [0.29, 0.717) is 5.04 Å². The number of carbonyl (C=O) groups excluding carboxylic acids is 2. The van der Waals surface area contributed by atoms with Crippen molar-refractivity contribution in [2.75, 3.05) is 6.54 Å². The van der Waals surface area contributed by atoms with E-state index < -0.39 is 16.6 Å². The minimum atomic E-state index is -0.881. The van der Waals surface area contributed by atoms with Crippen molar-refractivity contribution in [2.45, 2.75) is 38.2 Å². The second-order valence-electron chi connectivity index (χ2n) is 6.58. The van der Waals surface area contributed by atoms with Crippen molar-refractivity contribution in [1.82, 2.24) is 10.3 Å². The molecule has 7 heteroatoms. The topological polar surface area (TPSA) is 71.0 Å². The van der Waals surface area contributed by atoms with Gasteiger partial charge in [0.05, 0.1) is 6.54 Å². The molecule has 1 aromatic rings. The van der Waals surface area contributed by atoms with Gasteiger partial charge in [-0.2, -0.15) is 5.10 Å². The van der Waals surface area contributed by atoms with Crippen LogP contribution in [0.1, 0.15) is 33.3 Å². The van der Waals surface area contributed by atoms with Gasteiger partial charge in [-0.3, -0.25) is 4.79 Å². The Balaban J connectivity index is 2.33. The summed E-state index contributed by atoms with van der Waals surface area (Å²) in [4.78, 5) is 23.4. The summed E-state index contributed by atoms with van der Waals surface area (Å²) in [6.45, 7) is 10.7.